The fourth-order valence-corrected chi connectivity index (χ4v) is 3.03. The number of rotatable bonds is 6. The van der Waals surface area contributed by atoms with Crippen LogP contribution in [0.15, 0.2) is 56.8 Å². The van der Waals surface area contributed by atoms with Gasteiger partial charge >= 0.3 is 0 Å². The Morgan fingerprint density at radius 1 is 1.13 bits per heavy atom. The number of nitrogens with zero attached hydrogens (tertiary/aromatic N) is 2. The Kier molecular flexibility index (Phi) is 5.61. The van der Waals surface area contributed by atoms with Crippen molar-refractivity contribution in [3.63, 3.8) is 0 Å². The van der Waals surface area contributed by atoms with Gasteiger partial charge < -0.3 is 9.30 Å². The Balaban J connectivity index is 2.11. The van der Waals surface area contributed by atoms with Gasteiger partial charge in [-0.2, -0.15) is 0 Å². The number of hydrogen-bond donors (Lipinski definition) is 0. The van der Waals surface area contributed by atoms with E-state index in [1.165, 1.54) is 37.0 Å². The van der Waals surface area contributed by atoms with Gasteiger partial charge in [-0.3, -0.25) is 4.79 Å². The predicted octanol–water partition coefficient (Wildman–Crippen LogP) is 1.94. The number of halogens is 1. The van der Waals surface area contributed by atoms with Crippen molar-refractivity contribution in [3.8, 4) is 5.75 Å². The highest BCUT2D eigenvalue weighted by molar-refractivity contribution is 9.10. The van der Waals surface area contributed by atoms with Gasteiger partial charge in [0, 0.05) is 30.8 Å². The fourth-order valence-electron chi connectivity index (χ4n) is 1.84. The summed E-state index contributed by atoms with van der Waals surface area (Å²) in [6.45, 7) is 0.513. The molecule has 0 radical (unpaired) electrons. The first kappa shape index (κ1) is 17.7. The third-order valence-corrected chi connectivity index (χ3v) is 5.48. The van der Waals surface area contributed by atoms with Crippen molar-refractivity contribution in [1.82, 2.24) is 8.87 Å². The van der Waals surface area contributed by atoms with Gasteiger partial charge in [0.15, 0.2) is 0 Å². The van der Waals surface area contributed by atoms with Gasteiger partial charge in [-0.1, -0.05) is 15.9 Å². The zero-order valence-electron chi connectivity index (χ0n) is 12.8. The minimum atomic E-state index is -3.57. The lowest BCUT2D eigenvalue weighted by molar-refractivity contribution is 0.295. The van der Waals surface area contributed by atoms with Crippen LogP contribution in [0, 0.1) is 0 Å². The lowest BCUT2D eigenvalue weighted by atomic mass is 10.3. The summed E-state index contributed by atoms with van der Waals surface area (Å²) in [5, 5.41) is 0. The Bertz CT molecular complexity index is 829. The SMILES string of the molecule is CN(C)S(=O)(=O)c1ccc(=O)n(CCOc2ccc(Br)cc2)c1. The van der Waals surface area contributed by atoms with E-state index in [0.717, 1.165) is 8.78 Å². The Hall–Kier alpha value is -1.64. The van der Waals surface area contributed by atoms with E-state index in [4.69, 9.17) is 4.74 Å². The normalized spacial score (nSPS) is 11.7. The monoisotopic (exact) mass is 400 g/mol. The lowest BCUT2D eigenvalue weighted by Gasteiger charge is -2.13. The van der Waals surface area contributed by atoms with Crippen molar-refractivity contribution in [3.05, 3.63) is 57.4 Å². The molecule has 0 amide bonds. The minimum Gasteiger partial charge on any atom is -0.492 e. The van der Waals surface area contributed by atoms with Crippen LogP contribution < -0.4 is 10.3 Å². The third kappa shape index (κ3) is 4.43. The second-order valence-corrected chi connectivity index (χ2v) is 8.05. The van der Waals surface area contributed by atoms with Crippen molar-refractivity contribution >= 4 is 26.0 Å². The highest BCUT2D eigenvalue weighted by atomic mass is 79.9. The molecule has 0 aliphatic rings. The van der Waals surface area contributed by atoms with Crippen LogP contribution in [0.5, 0.6) is 5.75 Å². The lowest BCUT2D eigenvalue weighted by Crippen LogP contribution is -2.27. The molecule has 1 aromatic carbocycles. The molecule has 0 saturated heterocycles. The van der Waals surface area contributed by atoms with Crippen LogP contribution in [0.2, 0.25) is 0 Å². The van der Waals surface area contributed by atoms with E-state index >= 15 is 0 Å². The summed E-state index contributed by atoms with van der Waals surface area (Å²) in [4.78, 5) is 11.9. The van der Waals surface area contributed by atoms with Crippen molar-refractivity contribution in [2.24, 2.45) is 0 Å². The molecule has 0 spiro atoms. The molecular formula is C15H17BrN2O4S. The largest absolute Gasteiger partial charge is 0.492 e. The molecule has 0 aliphatic carbocycles. The molecule has 0 unspecified atom stereocenters. The van der Waals surface area contributed by atoms with E-state index in [-0.39, 0.29) is 23.6 Å². The minimum absolute atomic E-state index is 0.0748. The van der Waals surface area contributed by atoms with Gasteiger partial charge in [0.1, 0.15) is 12.4 Å². The first-order chi connectivity index (χ1) is 10.8. The Labute approximate surface area is 143 Å². The summed E-state index contributed by atoms with van der Waals surface area (Å²) in [5.41, 5.74) is -0.276. The van der Waals surface area contributed by atoms with Crippen LogP contribution in [-0.2, 0) is 16.6 Å². The average Bonchev–Trinajstić information content (AvgIpc) is 2.50. The molecule has 6 nitrogen and oxygen atoms in total. The molecule has 2 aromatic rings. The van der Waals surface area contributed by atoms with E-state index in [1.807, 2.05) is 12.1 Å². The highest BCUT2D eigenvalue weighted by Gasteiger charge is 2.18. The van der Waals surface area contributed by atoms with Crippen molar-refractivity contribution in [2.75, 3.05) is 20.7 Å². The van der Waals surface area contributed by atoms with Crippen LogP contribution in [0.4, 0.5) is 0 Å². The molecule has 124 valence electrons. The van der Waals surface area contributed by atoms with Crippen molar-refractivity contribution in [1.29, 1.82) is 0 Å². The van der Waals surface area contributed by atoms with Crippen LogP contribution in [0.25, 0.3) is 0 Å². The van der Waals surface area contributed by atoms with Crippen molar-refractivity contribution in [2.45, 2.75) is 11.4 Å². The molecule has 0 atom stereocenters. The number of benzene rings is 1. The smallest absolute Gasteiger partial charge is 0.250 e. The van der Waals surface area contributed by atoms with Gasteiger partial charge in [-0.05, 0) is 30.3 Å². The first-order valence-electron chi connectivity index (χ1n) is 6.82. The summed E-state index contributed by atoms with van der Waals surface area (Å²) in [6.07, 6.45) is 1.34. The standard InChI is InChI=1S/C15H17BrN2O4S/c1-17(2)23(20,21)14-7-8-15(19)18(11-14)9-10-22-13-5-3-12(16)4-6-13/h3-8,11H,9-10H2,1-2H3. The van der Waals surface area contributed by atoms with Gasteiger partial charge in [0.25, 0.3) is 5.56 Å². The number of hydrogen-bond acceptors (Lipinski definition) is 4. The van der Waals surface area contributed by atoms with E-state index in [1.54, 1.807) is 12.1 Å². The second kappa shape index (κ2) is 7.29. The van der Waals surface area contributed by atoms with Crippen LogP contribution in [0.1, 0.15) is 0 Å². The molecule has 0 bridgehead atoms. The van der Waals surface area contributed by atoms with E-state index in [2.05, 4.69) is 15.9 Å². The highest BCUT2D eigenvalue weighted by Crippen LogP contribution is 2.16. The summed E-state index contributed by atoms with van der Waals surface area (Å²) in [6, 6.07) is 9.87. The predicted molar refractivity (Wildman–Crippen MR) is 91.2 cm³/mol. The quantitative estimate of drug-likeness (QED) is 0.742. The van der Waals surface area contributed by atoms with E-state index < -0.39 is 10.0 Å². The van der Waals surface area contributed by atoms with Crippen molar-refractivity contribution < 1.29 is 13.2 Å². The summed E-state index contributed by atoms with van der Waals surface area (Å²) < 4.78 is 33.1. The topological polar surface area (TPSA) is 68.6 Å². The van der Waals surface area contributed by atoms with Gasteiger partial charge in [0.05, 0.1) is 11.4 Å². The molecule has 0 aliphatic heterocycles. The number of pyridine rings is 1. The molecule has 1 heterocycles. The molecular weight excluding hydrogens is 384 g/mol. The number of aromatic nitrogens is 1. The summed E-state index contributed by atoms with van der Waals surface area (Å²) in [7, 11) is -0.679. The van der Waals surface area contributed by atoms with Gasteiger partial charge in [-0.25, -0.2) is 12.7 Å². The maximum Gasteiger partial charge on any atom is 0.250 e. The zero-order chi connectivity index (χ0) is 17.0. The van der Waals surface area contributed by atoms with E-state index in [0.29, 0.717) is 5.75 Å². The summed E-state index contributed by atoms with van der Waals surface area (Å²) in [5.74, 6) is 0.679. The molecule has 8 heteroatoms. The molecule has 1 aromatic heterocycles. The summed E-state index contributed by atoms with van der Waals surface area (Å²) >= 11 is 3.34. The molecule has 0 saturated carbocycles. The molecule has 0 fully saturated rings. The fraction of sp³-hybridized carbons (Fsp3) is 0.267. The van der Waals surface area contributed by atoms with Gasteiger partial charge in [0.2, 0.25) is 10.0 Å². The van der Waals surface area contributed by atoms with E-state index in [9.17, 15) is 13.2 Å². The van der Waals surface area contributed by atoms with Crippen LogP contribution in [0.3, 0.4) is 0 Å². The maximum atomic E-state index is 12.1. The maximum absolute atomic E-state index is 12.1. The Morgan fingerprint density at radius 2 is 1.78 bits per heavy atom. The number of ether oxygens (including phenoxy) is 1. The number of sulfonamides is 1. The van der Waals surface area contributed by atoms with Crippen LogP contribution in [-0.4, -0.2) is 38.0 Å². The van der Waals surface area contributed by atoms with Crippen LogP contribution >= 0.6 is 15.9 Å². The van der Waals surface area contributed by atoms with Gasteiger partial charge in [-0.15, -0.1) is 0 Å². The second-order valence-electron chi connectivity index (χ2n) is 4.99. The molecule has 2 rings (SSSR count). The zero-order valence-corrected chi connectivity index (χ0v) is 15.2. The molecule has 23 heavy (non-hydrogen) atoms. The Morgan fingerprint density at radius 3 is 2.39 bits per heavy atom. The first-order valence-corrected chi connectivity index (χ1v) is 9.05. The third-order valence-electron chi connectivity index (χ3n) is 3.15. The molecule has 0 N–H and O–H groups in total. The average molecular weight is 401 g/mol.